The van der Waals surface area contributed by atoms with E-state index in [1.165, 1.54) is 97.1 Å². The van der Waals surface area contributed by atoms with E-state index in [-0.39, 0.29) is 44.0 Å². The minimum atomic E-state index is -1.18. The van der Waals surface area contributed by atoms with Crippen LogP contribution in [-0.4, -0.2) is 44.3 Å². The van der Waals surface area contributed by atoms with Gasteiger partial charge < -0.3 is 40.9 Å². The van der Waals surface area contributed by atoms with Gasteiger partial charge in [-0.05, 0) is 24.3 Å². The molecule has 0 spiro atoms. The van der Waals surface area contributed by atoms with E-state index < -0.39 is 46.9 Å². The van der Waals surface area contributed by atoms with Crippen LogP contribution in [0.2, 0.25) is 0 Å². The zero-order valence-corrected chi connectivity index (χ0v) is 25.7. The van der Waals surface area contributed by atoms with Crippen LogP contribution in [0.15, 0.2) is 127 Å². The molecule has 0 heterocycles. The Morgan fingerprint density at radius 2 is 0.596 bits per heavy atom. The van der Waals surface area contributed by atoms with Crippen molar-refractivity contribution in [1.82, 2.24) is 0 Å². The third-order valence-corrected chi connectivity index (χ3v) is 5.08. The average Bonchev–Trinajstić information content (AvgIpc) is 3.03. The second-order valence-corrected chi connectivity index (χ2v) is 8.28. The van der Waals surface area contributed by atoms with E-state index in [2.05, 4.69) is 6.07 Å². The molecule has 0 saturated carbocycles. The largest absolute Gasteiger partial charge is 4.00 e. The van der Waals surface area contributed by atoms with Crippen LogP contribution in [0.4, 0.5) is 0 Å². The van der Waals surface area contributed by atoms with Crippen LogP contribution in [-0.2, 0) is 21.7 Å². The SMILES string of the molecule is O=C(O)c1ccccc1[O-].O=C(O)c1ccccc1[O-].O=C(O)c1ccccc1[O-].O=C(O)c1ccccc1[O-].[Ti+4].[c-]1ccccc1. The van der Waals surface area contributed by atoms with Gasteiger partial charge in [-0.1, -0.05) is 95.8 Å². The fraction of sp³-hybridized carbons (Fsp3) is 0. The van der Waals surface area contributed by atoms with Crippen molar-refractivity contribution in [2.45, 2.75) is 0 Å². The molecule has 47 heavy (non-hydrogen) atoms. The molecule has 0 aliphatic carbocycles. The summed E-state index contributed by atoms with van der Waals surface area (Å²) >= 11 is 0. The molecule has 0 amide bonds. The number of aromatic carboxylic acids is 4. The number of carboxylic acid groups (broad SMARTS) is 4. The van der Waals surface area contributed by atoms with Gasteiger partial charge in [0.2, 0.25) is 0 Å². The van der Waals surface area contributed by atoms with Crippen LogP contribution < -0.4 is 20.4 Å². The number of hydrogen-bond donors (Lipinski definition) is 4. The molecule has 5 aromatic rings. The Morgan fingerprint density at radius 3 is 0.702 bits per heavy atom. The van der Waals surface area contributed by atoms with Crippen molar-refractivity contribution in [1.29, 1.82) is 0 Å². The van der Waals surface area contributed by atoms with E-state index in [4.69, 9.17) is 20.4 Å². The Kier molecular flexibility index (Phi) is 19.5. The van der Waals surface area contributed by atoms with Gasteiger partial charge in [0.25, 0.3) is 0 Å². The monoisotopic (exact) mass is 673 g/mol. The summed E-state index contributed by atoms with van der Waals surface area (Å²) in [6.07, 6.45) is 0. The standard InChI is InChI=1S/4C7H6O3.C6H5.Ti/c4*8-6-4-2-1-3-5(6)7(9)10;1-2-4-6-5-3-1;/h4*1-4,8H,(H,9,10);1-5H;/q;;;;-1;+4/p-4. The Hall–Kier alpha value is -6.11. The van der Waals surface area contributed by atoms with Gasteiger partial charge in [0.15, 0.2) is 0 Å². The van der Waals surface area contributed by atoms with Gasteiger partial charge in [-0.2, -0.15) is 36.4 Å². The third kappa shape index (κ3) is 16.0. The summed E-state index contributed by atoms with van der Waals surface area (Å²) in [5, 5.41) is 76.2. The molecule has 4 N–H and O–H groups in total. The van der Waals surface area contributed by atoms with Crippen molar-refractivity contribution in [2.75, 3.05) is 0 Å². The van der Waals surface area contributed by atoms with E-state index in [1.54, 1.807) is 0 Å². The Balaban J connectivity index is 0.000000565. The van der Waals surface area contributed by atoms with Crippen LogP contribution in [0.25, 0.3) is 0 Å². The Morgan fingerprint density at radius 1 is 0.383 bits per heavy atom. The maximum absolute atomic E-state index is 10.7. The number of carbonyl (C=O) groups is 4. The van der Waals surface area contributed by atoms with Gasteiger partial charge in [-0.3, -0.25) is 0 Å². The van der Waals surface area contributed by atoms with Crippen molar-refractivity contribution < 1.29 is 81.7 Å². The molecule has 0 unspecified atom stereocenters. The number of para-hydroxylation sites is 4. The normalized spacial score (nSPS) is 8.85. The molecule has 12 nitrogen and oxygen atoms in total. The average molecular weight is 673 g/mol. The van der Waals surface area contributed by atoms with E-state index in [0.717, 1.165) is 0 Å². The molecule has 238 valence electrons. The molecule has 0 fully saturated rings. The Bertz CT molecular complexity index is 1460. The Labute approximate surface area is 283 Å². The topological polar surface area (TPSA) is 241 Å². The van der Waals surface area contributed by atoms with Gasteiger partial charge in [-0.25, -0.2) is 19.2 Å². The fourth-order valence-electron chi connectivity index (χ4n) is 2.92. The molecular formula is C34H25O12Ti-. The van der Waals surface area contributed by atoms with Crippen molar-refractivity contribution in [3.05, 3.63) is 156 Å². The predicted molar refractivity (Wildman–Crippen MR) is 157 cm³/mol. The molecule has 5 aromatic carbocycles. The fourth-order valence-corrected chi connectivity index (χ4v) is 2.92. The molecule has 0 aliphatic rings. The molecule has 0 atom stereocenters. The predicted octanol–water partition coefficient (Wildman–Crippen LogP) is 3.32. The van der Waals surface area contributed by atoms with Crippen molar-refractivity contribution >= 4 is 23.9 Å². The summed E-state index contributed by atoms with van der Waals surface area (Å²) in [4.78, 5) is 40.9. The first-order chi connectivity index (χ1) is 21.9. The van der Waals surface area contributed by atoms with Crippen LogP contribution in [0.3, 0.4) is 0 Å². The van der Waals surface area contributed by atoms with Gasteiger partial charge in [0, 0.05) is 0 Å². The quantitative estimate of drug-likeness (QED) is 0.159. The van der Waals surface area contributed by atoms with Gasteiger partial charge in [0.1, 0.15) is 0 Å². The van der Waals surface area contributed by atoms with Gasteiger partial charge >= 0.3 is 45.6 Å². The number of carboxylic acids is 4. The van der Waals surface area contributed by atoms with E-state index in [0.29, 0.717) is 0 Å². The molecule has 0 aromatic heterocycles. The summed E-state index contributed by atoms with van der Waals surface area (Å²) in [6.45, 7) is 0. The first kappa shape index (κ1) is 40.9. The molecule has 0 aliphatic heterocycles. The van der Waals surface area contributed by atoms with E-state index >= 15 is 0 Å². The second-order valence-electron chi connectivity index (χ2n) is 8.28. The molecule has 0 radical (unpaired) electrons. The summed E-state index contributed by atoms with van der Waals surface area (Å²) in [7, 11) is 0. The smallest absolute Gasteiger partial charge is 0.872 e. The summed E-state index contributed by atoms with van der Waals surface area (Å²) in [5.74, 6) is -6.50. The minimum absolute atomic E-state index is 0. The molecule has 13 heteroatoms. The van der Waals surface area contributed by atoms with Gasteiger partial charge in [-0.15, -0.1) is 0 Å². The first-order valence-electron chi connectivity index (χ1n) is 12.7. The molecule has 0 bridgehead atoms. The summed E-state index contributed by atoms with van der Waals surface area (Å²) in [6, 6.07) is 34.6. The van der Waals surface area contributed by atoms with Crippen LogP contribution >= 0.6 is 0 Å². The first-order valence-corrected chi connectivity index (χ1v) is 12.7. The minimum Gasteiger partial charge on any atom is -0.872 e. The molecule has 0 saturated heterocycles. The van der Waals surface area contributed by atoms with Crippen LogP contribution in [0, 0.1) is 6.07 Å². The maximum Gasteiger partial charge on any atom is 4.00 e. The maximum atomic E-state index is 10.7. The van der Waals surface area contributed by atoms with Crippen molar-refractivity contribution in [3.63, 3.8) is 0 Å². The zero-order chi connectivity index (χ0) is 34.5. The van der Waals surface area contributed by atoms with Gasteiger partial charge in [0.05, 0.1) is 22.3 Å². The number of rotatable bonds is 4. The van der Waals surface area contributed by atoms with Crippen LogP contribution in [0.5, 0.6) is 23.0 Å². The van der Waals surface area contributed by atoms with E-state index in [9.17, 15) is 39.6 Å². The third-order valence-electron chi connectivity index (χ3n) is 5.08. The van der Waals surface area contributed by atoms with Crippen molar-refractivity contribution in [2.24, 2.45) is 0 Å². The molecule has 5 rings (SSSR count). The van der Waals surface area contributed by atoms with Crippen molar-refractivity contribution in [3.8, 4) is 23.0 Å². The summed E-state index contributed by atoms with van der Waals surface area (Å²) < 4.78 is 0. The number of hydrogen-bond acceptors (Lipinski definition) is 8. The van der Waals surface area contributed by atoms with Crippen LogP contribution in [0.1, 0.15) is 41.4 Å². The summed E-state index contributed by atoms with van der Waals surface area (Å²) in [5.41, 5.74) is -0.713. The van der Waals surface area contributed by atoms with E-state index in [1.807, 2.05) is 30.3 Å². The second kappa shape index (κ2) is 22.4. The molecular weight excluding hydrogens is 648 g/mol. The zero-order valence-electron chi connectivity index (χ0n) is 24.2. The number of benzene rings is 5.